The second-order valence-corrected chi connectivity index (χ2v) is 5.63. The average Bonchev–Trinajstić information content (AvgIpc) is 2.55. The highest BCUT2D eigenvalue weighted by Gasteiger charge is 2.18. The van der Waals surface area contributed by atoms with Crippen LogP contribution in [0.5, 0.6) is 23.0 Å². The lowest BCUT2D eigenvalue weighted by Gasteiger charge is -2.14. The van der Waals surface area contributed by atoms with Gasteiger partial charge < -0.3 is 18.9 Å². The average molecular weight is 381 g/mol. The standard InChI is InChI=1S/C17H17BrO5/c1-10-7-12(18)5-6-13(10)23-17(19)11-8-14(20-2)16(22-4)15(9-11)21-3/h5-9H,1-4H3. The zero-order valence-electron chi connectivity index (χ0n) is 13.3. The van der Waals surface area contributed by atoms with E-state index >= 15 is 0 Å². The Kier molecular flexibility index (Phi) is 5.50. The maximum atomic E-state index is 12.4. The number of aryl methyl sites for hydroxylation is 1. The Labute approximate surface area is 143 Å². The number of hydrogen-bond donors (Lipinski definition) is 0. The van der Waals surface area contributed by atoms with Crippen LogP contribution in [0.25, 0.3) is 0 Å². The number of halogens is 1. The van der Waals surface area contributed by atoms with Crippen LogP contribution < -0.4 is 18.9 Å². The number of hydrogen-bond acceptors (Lipinski definition) is 5. The van der Waals surface area contributed by atoms with E-state index in [1.54, 1.807) is 18.2 Å². The fourth-order valence-corrected chi connectivity index (χ4v) is 2.56. The molecule has 5 nitrogen and oxygen atoms in total. The van der Waals surface area contributed by atoms with Crippen molar-refractivity contribution in [3.8, 4) is 23.0 Å². The maximum Gasteiger partial charge on any atom is 0.343 e. The molecule has 0 saturated carbocycles. The van der Waals surface area contributed by atoms with Crippen molar-refractivity contribution in [3.05, 3.63) is 45.9 Å². The van der Waals surface area contributed by atoms with Gasteiger partial charge in [0.05, 0.1) is 26.9 Å². The molecular weight excluding hydrogens is 364 g/mol. The molecule has 23 heavy (non-hydrogen) atoms. The van der Waals surface area contributed by atoms with Gasteiger partial charge in [0.15, 0.2) is 11.5 Å². The van der Waals surface area contributed by atoms with Crippen LogP contribution in [-0.2, 0) is 0 Å². The van der Waals surface area contributed by atoms with Crippen molar-refractivity contribution in [1.82, 2.24) is 0 Å². The SMILES string of the molecule is COc1cc(C(=O)Oc2ccc(Br)cc2C)cc(OC)c1OC. The summed E-state index contributed by atoms with van der Waals surface area (Å²) in [5, 5.41) is 0. The molecule has 0 radical (unpaired) electrons. The van der Waals surface area contributed by atoms with Crippen molar-refractivity contribution < 1.29 is 23.7 Å². The van der Waals surface area contributed by atoms with Gasteiger partial charge in [0.1, 0.15) is 5.75 Å². The van der Waals surface area contributed by atoms with Gasteiger partial charge in [0, 0.05) is 4.47 Å². The molecule has 0 spiro atoms. The smallest absolute Gasteiger partial charge is 0.343 e. The molecule has 6 heteroatoms. The van der Waals surface area contributed by atoms with Crippen molar-refractivity contribution in [2.45, 2.75) is 6.92 Å². The van der Waals surface area contributed by atoms with Gasteiger partial charge in [-0.1, -0.05) is 15.9 Å². The first kappa shape index (κ1) is 17.1. The van der Waals surface area contributed by atoms with E-state index in [1.165, 1.54) is 21.3 Å². The topological polar surface area (TPSA) is 54.0 Å². The van der Waals surface area contributed by atoms with Crippen LogP contribution in [0.1, 0.15) is 15.9 Å². The van der Waals surface area contributed by atoms with Gasteiger partial charge in [-0.05, 0) is 42.8 Å². The largest absolute Gasteiger partial charge is 0.493 e. The fourth-order valence-electron chi connectivity index (χ4n) is 2.09. The van der Waals surface area contributed by atoms with Crippen molar-refractivity contribution in [3.63, 3.8) is 0 Å². The first-order chi connectivity index (χ1) is 11.0. The number of rotatable bonds is 5. The number of ether oxygens (including phenoxy) is 4. The molecule has 2 aromatic rings. The van der Waals surface area contributed by atoms with Gasteiger partial charge in [-0.2, -0.15) is 0 Å². The van der Waals surface area contributed by atoms with Gasteiger partial charge >= 0.3 is 5.97 Å². The van der Waals surface area contributed by atoms with Crippen LogP contribution >= 0.6 is 15.9 Å². The third-order valence-corrected chi connectivity index (χ3v) is 3.73. The van der Waals surface area contributed by atoms with Crippen molar-refractivity contribution >= 4 is 21.9 Å². The van der Waals surface area contributed by atoms with Crippen LogP contribution in [0.4, 0.5) is 0 Å². The number of methoxy groups -OCH3 is 3. The van der Waals surface area contributed by atoms with Crippen LogP contribution in [0.3, 0.4) is 0 Å². The lowest BCUT2D eigenvalue weighted by Crippen LogP contribution is -2.10. The van der Waals surface area contributed by atoms with Crippen molar-refractivity contribution in [1.29, 1.82) is 0 Å². The van der Waals surface area contributed by atoms with E-state index in [0.29, 0.717) is 28.6 Å². The molecule has 0 saturated heterocycles. The van der Waals surface area contributed by atoms with E-state index in [1.807, 2.05) is 19.1 Å². The van der Waals surface area contributed by atoms with E-state index < -0.39 is 5.97 Å². The Morgan fingerprint density at radius 1 is 0.913 bits per heavy atom. The molecule has 0 N–H and O–H groups in total. The normalized spacial score (nSPS) is 10.1. The van der Waals surface area contributed by atoms with Crippen LogP contribution in [0, 0.1) is 6.92 Å². The molecule has 122 valence electrons. The highest BCUT2D eigenvalue weighted by molar-refractivity contribution is 9.10. The van der Waals surface area contributed by atoms with Gasteiger partial charge in [0.2, 0.25) is 5.75 Å². The van der Waals surface area contributed by atoms with Crippen LogP contribution in [0.15, 0.2) is 34.8 Å². The Hall–Kier alpha value is -2.21. The molecule has 0 fully saturated rings. The van der Waals surface area contributed by atoms with E-state index in [9.17, 15) is 4.79 Å². The summed E-state index contributed by atoms with van der Waals surface area (Å²) in [6, 6.07) is 8.52. The highest BCUT2D eigenvalue weighted by atomic mass is 79.9. The van der Waals surface area contributed by atoms with Crippen molar-refractivity contribution in [2.75, 3.05) is 21.3 Å². The van der Waals surface area contributed by atoms with E-state index in [-0.39, 0.29) is 0 Å². The molecular formula is C17H17BrO5. The molecule has 0 aliphatic carbocycles. The Balaban J connectivity index is 2.35. The molecule has 0 aromatic heterocycles. The summed E-state index contributed by atoms with van der Waals surface area (Å²) in [7, 11) is 4.49. The molecule has 0 aliphatic rings. The highest BCUT2D eigenvalue weighted by Crippen LogP contribution is 2.38. The Morgan fingerprint density at radius 2 is 1.52 bits per heavy atom. The van der Waals surface area contributed by atoms with Crippen molar-refractivity contribution in [2.24, 2.45) is 0 Å². The lowest BCUT2D eigenvalue weighted by atomic mass is 10.1. The predicted octanol–water partition coefficient (Wildman–Crippen LogP) is 4.00. The number of esters is 1. The Bertz CT molecular complexity index is 702. The first-order valence-corrected chi connectivity index (χ1v) is 7.57. The van der Waals surface area contributed by atoms with E-state index in [2.05, 4.69) is 15.9 Å². The number of carbonyl (C=O) groups is 1. The minimum Gasteiger partial charge on any atom is -0.493 e. The lowest BCUT2D eigenvalue weighted by molar-refractivity contribution is 0.0732. The molecule has 0 amide bonds. The zero-order chi connectivity index (χ0) is 17.0. The molecule has 2 rings (SSSR count). The maximum absolute atomic E-state index is 12.4. The monoisotopic (exact) mass is 380 g/mol. The van der Waals surface area contributed by atoms with Gasteiger partial charge in [-0.3, -0.25) is 0 Å². The summed E-state index contributed by atoms with van der Waals surface area (Å²) in [5.74, 6) is 1.20. The molecule has 0 bridgehead atoms. The number of benzene rings is 2. The third-order valence-electron chi connectivity index (χ3n) is 3.24. The first-order valence-electron chi connectivity index (χ1n) is 6.78. The molecule has 0 atom stereocenters. The molecule has 0 unspecified atom stereocenters. The van der Waals surface area contributed by atoms with E-state index in [0.717, 1.165) is 10.0 Å². The van der Waals surface area contributed by atoms with E-state index in [4.69, 9.17) is 18.9 Å². The summed E-state index contributed by atoms with van der Waals surface area (Å²) in [6.45, 7) is 1.86. The summed E-state index contributed by atoms with van der Waals surface area (Å²) < 4.78 is 22.1. The molecule has 0 aliphatic heterocycles. The van der Waals surface area contributed by atoms with Gasteiger partial charge in [0.25, 0.3) is 0 Å². The zero-order valence-corrected chi connectivity index (χ0v) is 14.9. The van der Waals surface area contributed by atoms with Crippen LogP contribution in [0.2, 0.25) is 0 Å². The fraction of sp³-hybridized carbons (Fsp3) is 0.235. The van der Waals surface area contributed by atoms with Gasteiger partial charge in [-0.15, -0.1) is 0 Å². The molecule has 0 heterocycles. The minimum absolute atomic E-state index is 0.307. The predicted molar refractivity (Wildman–Crippen MR) is 89.9 cm³/mol. The summed E-state index contributed by atoms with van der Waals surface area (Å²) in [4.78, 5) is 12.4. The summed E-state index contributed by atoms with van der Waals surface area (Å²) in [6.07, 6.45) is 0. The van der Waals surface area contributed by atoms with Crippen LogP contribution in [-0.4, -0.2) is 27.3 Å². The number of carbonyl (C=O) groups excluding carboxylic acids is 1. The summed E-state index contributed by atoms with van der Waals surface area (Å²) >= 11 is 3.37. The van der Waals surface area contributed by atoms with Gasteiger partial charge in [-0.25, -0.2) is 4.79 Å². The second kappa shape index (κ2) is 7.37. The quantitative estimate of drug-likeness (QED) is 0.579. The summed E-state index contributed by atoms with van der Waals surface area (Å²) in [5.41, 5.74) is 1.15. The second-order valence-electron chi connectivity index (χ2n) is 4.71. The molecule has 2 aromatic carbocycles. The third kappa shape index (κ3) is 3.76. The Morgan fingerprint density at radius 3 is 2.00 bits per heavy atom. The minimum atomic E-state index is -0.505.